The molecule has 0 saturated heterocycles. The number of alkyl carbamates (subject to hydrolysis) is 1. The van der Waals surface area contributed by atoms with E-state index in [4.69, 9.17) is 60.2 Å². The lowest BCUT2D eigenvalue weighted by atomic mass is 10.1. The van der Waals surface area contributed by atoms with Crippen LogP contribution >= 0.6 is 0 Å². The molecule has 0 heterocycles. The second-order valence-electron chi connectivity index (χ2n) is 11.8. The summed E-state index contributed by atoms with van der Waals surface area (Å²) in [6, 6.07) is 4.00. The number of phenolic OH excluding ortho intramolecular Hbond substituents is 1. The number of nitrogens with zero attached hydrogens (tertiary/aromatic N) is 2. The van der Waals surface area contributed by atoms with Crippen molar-refractivity contribution in [2.24, 2.45) is 50.1 Å². The molecule has 0 spiro atoms. The van der Waals surface area contributed by atoms with Gasteiger partial charge in [-0.3, -0.25) is 29.2 Å². The maximum atomic E-state index is 11.3. The van der Waals surface area contributed by atoms with Crippen molar-refractivity contribution in [1.29, 1.82) is 0 Å². The predicted octanol–water partition coefficient (Wildman–Crippen LogP) is -1.72. The van der Waals surface area contributed by atoms with Crippen LogP contribution in [0.3, 0.4) is 0 Å². The minimum atomic E-state index is -1.24. The molecule has 0 aromatic heterocycles. The highest BCUT2D eigenvalue weighted by Crippen LogP contribution is 2.16. The first kappa shape index (κ1) is 52.2. The smallest absolute Gasteiger partial charge is 0.408 e. The number of hydrogen-bond acceptors (Lipinski definition) is 12. The molecule has 0 aliphatic heterocycles. The van der Waals surface area contributed by atoms with Crippen LogP contribution in [-0.2, 0) is 28.7 Å². The molecule has 3 atom stereocenters. The molecule has 22 nitrogen and oxygen atoms in total. The first-order valence-corrected chi connectivity index (χ1v) is 16.2. The number of aliphatic carboxylic acids is 3. The molecule has 0 aliphatic carbocycles. The lowest BCUT2D eigenvalue weighted by Crippen LogP contribution is -2.43. The van der Waals surface area contributed by atoms with E-state index in [2.05, 4.69) is 20.6 Å². The van der Waals surface area contributed by atoms with Gasteiger partial charge < -0.3 is 75.9 Å². The number of primary amides is 1. The van der Waals surface area contributed by atoms with Gasteiger partial charge >= 0.3 is 24.0 Å². The number of benzene rings is 1. The molecule has 0 unspecified atom stereocenters. The number of guanidine groups is 2. The summed E-state index contributed by atoms with van der Waals surface area (Å²) in [7, 11) is 1.55. The number of likely N-dealkylation sites (N-methyl/N-ethyl adjacent to an activating group) is 1. The van der Waals surface area contributed by atoms with E-state index < -0.39 is 53.6 Å². The van der Waals surface area contributed by atoms with Crippen LogP contribution in [0.1, 0.15) is 64.9 Å². The van der Waals surface area contributed by atoms with Crippen molar-refractivity contribution >= 4 is 53.8 Å². The highest BCUT2D eigenvalue weighted by atomic mass is 16.6. The third-order valence-corrected chi connectivity index (χ3v) is 5.84. The van der Waals surface area contributed by atoms with Gasteiger partial charge in [0.15, 0.2) is 11.9 Å². The molecular formula is C32H57N11O11. The summed E-state index contributed by atoms with van der Waals surface area (Å²) in [5.74, 6) is -3.86. The average molecular weight is 772 g/mol. The van der Waals surface area contributed by atoms with Crippen molar-refractivity contribution in [1.82, 2.24) is 10.6 Å². The van der Waals surface area contributed by atoms with Crippen LogP contribution in [0.25, 0.3) is 6.08 Å². The van der Waals surface area contributed by atoms with Gasteiger partial charge in [0, 0.05) is 38.2 Å². The fraction of sp³-hybridized carbons (Fsp3) is 0.500. The molecule has 0 saturated carbocycles. The number of carboxylic acid groups (broad SMARTS) is 3. The molecule has 1 aromatic carbocycles. The second kappa shape index (κ2) is 29.4. The summed E-state index contributed by atoms with van der Waals surface area (Å²) in [5.41, 5.74) is 35.5. The zero-order valence-electron chi connectivity index (χ0n) is 30.9. The van der Waals surface area contributed by atoms with Crippen LogP contribution in [0.5, 0.6) is 5.75 Å². The van der Waals surface area contributed by atoms with E-state index in [1.54, 1.807) is 58.2 Å². The standard InChI is InChI=1S/C10H18N2O5.C10H11NO2.2C6H14N4O2/c1-10(2,3)17-9(16)12-6(8(14)15)4-5-7(11)13;1-11-10(13)7-6-8-4-2-3-5-9(8)12;2*7-4(5(11)12)2-1-3-10-6(8)9/h6H,4-5H2,1-3H3,(H2,11,13)(H,12,16)(H,14,15);2-7,12H,1H3,(H,11,13);2*4H,1-3,7H2,(H,11,12)(H4,8,9,10)/b;7-6-;;/t6-;;2*4-/m0.00/s1. The molecule has 54 heavy (non-hydrogen) atoms. The van der Waals surface area contributed by atoms with Crippen LogP contribution < -0.4 is 50.8 Å². The number of aliphatic imine (C=N–C) groups is 2. The van der Waals surface area contributed by atoms with Gasteiger partial charge in [0.1, 0.15) is 29.5 Å². The summed E-state index contributed by atoms with van der Waals surface area (Å²) in [6.07, 6.45) is 3.82. The fourth-order valence-electron chi connectivity index (χ4n) is 3.16. The molecule has 1 aromatic rings. The van der Waals surface area contributed by atoms with Crippen molar-refractivity contribution in [3.8, 4) is 5.75 Å². The number of ether oxygens (including phenoxy) is 1. The maximum Gasteiger partial charge on any atom is 0.408 e. The zero-order valence-corrected chi connectivity index (χ0v) is 30.9. The summed E-state index contributed by atoms with van der Waals surface area (Å²) in [5, 5.41) is 39.5. The molecule has 0 bridgehead atoms. The van der Waals surface area contributed by atoms with Crippen LogP contribution in [0.2, 0.25) is 0 Å². The Balaban J connectivity index is -0.000000649. The highest BCUT2D eigenvalue weighted by Gasteiger charge is 2.24. The molecule has 22 heteroatoms. The number of carbonyl (C=O) groups is 6. The monoisotopic (exact) mass is 771 g/mol. The van der Waals surface area contributed by atoms with E-state index in [1.807, 2.05) is 0 Å². The maximum absolute atomic E-state index is 11.3. The number of hydrogen-bond donors (Lipinski definition) is 13. The van der Waals surface area contributed by atoms with Gasteiger partial charge in [-0.15, -0.1) is 0 Å². The van der Waals surface area contributed by atoms with Crippen molar-refractivity contribution in [2.45, 2.75) is 83.0 Å². The number of nitrogens with two attached hydrogens (primary N) is 7. The Morgan fingerprint density at radius 3 is 1.61 bits per heavy atom. The van der Waals surface area contributed by atoms with Crippen molar-refractivity contribution in [3.05, 3.63) is 35.9 Å². The van der Waals surface area contributed by atoms with E-state index in [9.17, 15) is 33.9 Å². The average Bonchev–Trinajstić information content (AvgIpc) is 3.05. The normalized spacial score (nSPS) is 11.8. The number of rotatable bonds is 17. The van der Waals surface area contributed by atoms with Crippen LogP contribution in [0.15, 0.2) is 40.3 Å². The van der Waals surface area contributed by atoms with Gasteiger partial charge in [0.05, 0.1) is 0 Å². The summed E-state index contributed by atoms with van der Waals surface area (Å²) in [6.45, 7) is 5.82. The van der Waals surface area contributed by atoms with Gasteiger partial charge in [0.2, 0.25) is 11.8 Å². The molecule has 20 N–H and O–H groups in total. The number of aromatic hydroxyl groups is 1. The molecule has 0 aliphatic rings. The summed E-state index contributed by atoms with van der Waals surface area (Å²) < 4.78 is 4.90. The van der Waals surface area contributed by atoms with Gasteiger partial charge in [0.25, 0.3) is 0 Å². The molecule has 0 radical (unpaired) electrons. The molecule has 3 amide bonds. The van der Waals surface area contributed by atoms with Crippen molar-refractivity contribution < 1.29 is 53.9 Å². The first-order chi connectivity index (χ1) is 24.9. The van der Waals surface area contributed by atoms with Gasteiger partial charge in [-0.2, -0.15) is 0 Å². The molecular weight excluding hydrogens is 714 g/mol. The third-order valence-electron chi connectivity index (χ3n) is 5.84. The number of carbonyl (C=O) groups excluding carboxylic acids is 3. The van der Waals surface area contributed by atoms with Gasteiger partial charge in [-0.25, -0.2) is 9.59 Å². The number of nitrogens with one attached hydrogen (secondary N) is 2. The van der Waals surface area contributed by atoms with Gasteiger partial charge in [-0.05, 0) is 65.0 Å². The Morgan fingerprint density at radius 2 is 1.26 bits per heavy atom. The SMILES string of the molecule is CC(C)(C)OC(=O)N[C@@H](CCC(N)=O)C(=O)O.CNC(=O)/C=C\c1ccccc1O.NC(N)=NCCC[C@H](N)C(=O)O.NC(N)=NCCC[C@H](N)C(=O)O. The number of amides is 3. The van der Waals surface area contributed by atoms with Gasteiger partial charge in [-0.1, -0.05) is 18.2 Å². The van der Waals surface area contributed by atoms with E-state index >= 15 is 0 Å². The molecule has 1 rings (SSSR count). The second-order valence-corrected chi connectivity index (χ2v) is 11.8. The summed E-state index contributed by atoms with van der Waals surface area (Å²) in [4.78, 5) is 71.2. The Morgan fingerprint density at radius 1 is 0.796 bits per heavy atom. The van der Waals surface area contributed by atoms with Crippen LogP contribution in [-0.4, -0.2) is 112 Å². The Bertz CT molecular complexity index is 1370. The third kappa shape index (κ3) is 34.3. The lowest BCUT2D eigenvalue weighted by molar-refractivity contribution is -0.140. The minimum Gasteiger partial charge on any atom is -0.507 e. The van der Waals surface area contributed by atoms with Crippen LogP contribution in [0, 0.1) is 0 Å². The Labute approximate surface area is 313 Å². The van der Waals surface area contributed by atoms with E-state index in [1.165, 1.54) is 6.08 Å². The Hall–Kier alpha value is -6.16. The molecule has 306 valence electrons. The minimum absolute atomic E-state index is 0.0129. The summed E-state index contributed by atoms with van der Waals surface area (Å²) >= 11 is 0. The lowest BCUT2D eigenvalue weighted by Gasteiger charge is -2.21. The zero-order chi connectivity index (χ0) is 42.4. The number of phenols is 1. The Kier molecular flexibility index (Phi) is 28.4. The number of carboxylic acids is 3. The molecule has 0 fully saturated rings. The largest absolute Gasteiger partial charge is 0.507 e. The quantitative estimate of drug-likeness (QED) is 0.0363. The fourth-order valence-corrected chi connectivity index (χ4v) is 3.16. The van der Waals surface area contributed by atoms with Crippen molar-refractivity contribution in [3.63, 3.8) is 0 Å². The van der Waals surface area contributed by atoms with Crippen LogP contribution in [0.4, 0.5) is 4.79 Å². The van der Waals surface area contributed by atoms with Crippen molar-refractivity contribution in [2.75, 3.05) is 20.1 Å². The van der Waals surface area contributed by atoms with E-state index in [-0.39, 0.29) is 36.4 Å². The highest BCUT2D eigenvalue weighted by molar-refractivity contribution is 5.91. The van der Waals surface area contributed by atoms with E-state index in [0.717, 1.165) is 0 Å². The topological polar surface area (TPSA) is 423 Å². The van der Waals surface area contributed by atoms with E-state index in [0.29, 0.717) is 44.3 Å². The number of para-hydroxylation sites is 1. The first-order valence-electron chi connectivity index (χ1n) is 16.2. The predicted molar refractivity (Wildman–Crippen MR) is 201 cm³/mol.